The Morgan fingerprint density at radius 1 is 1.37 bits per heavy atom. The van der Waals surface area contributed by atoms with Gasteiger partial charge in [-0.25, -0.2) is 8.42 Å². The molecule has 3 N–H and O–H groups in total. The molecule has 5 nitrogen and oxygen atoms in total. The van der Waals surface area contributed by atoms with E-state index in [-0.39, 0.29) is 23.1 Å². The second kappa shape index (κ2) is 5.40. The lowest BCUT2D eigenvalue weighted by molar-refractivity contribution is -0.123. The van der Waals surface area contributed by atoms with Crippen LogP contribution >= 0.6 is 0 Å². The van der Waals surface area contributed by atoms with Crippen molar-refractivity contribution < 1.29 is 13.2 Å². The zero-order valence-corrected chi connectivity index (χ0v) is 12.3. The first kappa shape index (κ1) is 14.8. The third-order valence-corrected chi connectivity index (χ3v) is 5.51. The summed E-state index contributed by atoms with van der Waals surface area (Å²) in [6, 6.07) is 0.187. The lowest BCUT2D eigenvalue weighted by atomic mass is 10.0. The Balaban J connectivity index is 1.85. The second-order valence-electron chi connectivity index (χ2n) is 6.35. The largest absolute Gasteiger partial charge is 0.353 e. The molecule has 0 aromatic heterocycles. The summed E-state index contributed by atoms with van der Waals surface area (Å²) in [5, 5.41) is 3.05. The first-order chi connectivity index (χ1) is 8.84. The SMILES string of the molecule is CS(=O)(=O)CC1(CC(=O)NC2CCCC2CN)CC1. The zero-order valence-electron chi connectivity index (χ0n) is 11.5. The molecule has 0 spiro atoms. The van der Waals surface area contributed by atoms with Crippen LogP contribution in [0.2, 0.25) is 0 Å². The monoisotopic (exact) mass is 288 g/mol. The first-order valence-corrected chi connectivity index (χ1v) is 9.07. The summed E-state index contributed by atoms with van der Waals surface area (Å²) in [7, 11) is -3.01. The van der Waals surface area contributed by atoms with Crippen molar-refractivity contribution in [3.63, 3.8) is 0 Å². The maximum atomic E-state index is 12.1. The van der Waals surface area contributed by atoms with E-state index in [0.29, 0.717) is 18.9 Å². The van der Waals surface area contributed by atoms with Gasteiger partial charge >= 0.3 is 0 Å². The third-order valence-electron chi connectivity index (χ3n) is 4.37. The minimum atomic E-state index is -3.01. The molecule has 0 bridgehead atoms. The number of carbonyl (C=O) groups excluding carboxylic acids is 1. The Morgan fingerprint density at radius 2 is 2.05 bits per heavy atom. The number of hydrogen-bond donors (Lipinski definition) is 2. The van der Waals surface area contributed by atoms with Crippen molar-refractivity contribution in [1.29, 1.82) is 0 Å². The van der Waals surface area contributed by atoms with E-state index in [1.807, 2.05) is 0 Å². The fourth-order valence-electron chi connectivity index (χ4n) is 3.21. The van der Waals surface area contributed by atoms with Crippen LogP contribution < -0.4 is 11.1 Å². The molecule has 0 saturated heterocycles. The molecule has 110 valence electrons. The second-order valence-corrected chi connectivity index (χ2v) is 8.49. The highest BCUT2D eigenvalue weighted by Gasteiger charge is 2.47. The molecule has 2 saturated carbocycles. The van der Waals surface area contributed by atoms with Gasteiger partial charge in [0, 0.05) is 18.7 Å². The van der Waals surface area contributed by atoms with Crippen molar-refractivity contribution in [3.05, 3.63) is 0 Å². The molecular formula is C13H24N2O3S. The Kier molecular flexibility index (Phi) is 4.20. The number of rotatable bonds is 6. The number of hydrogen-bond acceptors (Lipinski definition) is 4. The average molecular weight is 288 g/mol. The van der Waals surface area contributed by atoms with E-state index in [1.165, 1.54) is 6.26 Å². The Labute approximate surface area is 115 Å². The van der Waals surface area contributed by atoms with Crippen molar-refractivity contribution in [2.45, 2.75) is 44.6 Å². The highest BCUT2D eigenvalue weighted by molar-refractivity contribution is 7.90. The minimum Gasteiger partial charge on any atom is -0.353 e. The topological polar surface area (TPSA) is 89.3 Å². The summed E-state index contributed by atoms with van der Waals surface area (Å²) in [6.45, 7) is 0.611. The zero-order chi connectivity index (χ0) is 14.1. The lowest BCUT2D eigenvalue weighted by Crippen LogP contribution is -2.41. The first-order valence-electron chi connectivity index (χ1n) is 7.01. The van der Waals surface area contributed by atoms with E-state index in [4.69, 9.17) is 5.73 Å². The molecule has 0 heterocycles. The summed E-state index contributed by atoms with van der Waals surface area (Å²) in [5.41, 5.74) is 5.41. The minimum absolute atomic E-state index is 0.00787. The van der Waals surface area contributed by atoms with Crippen molar-refractivity contribution in [3.8, 4) is 0 Å². The fourth-order valence-corrected chi connectivity index (χ4v) is 4.72. The molecule has 0 aromatic rings. The van der Waals surface area contributed by atoms with Crippen molar-refractivity contribution in [2.75, 3.05) is 18.6 Å². The molecule has 1 amide bonds. The van der Waals surface area contributed by atoms with E-state index in [0.717, 1.165) is 32.1 Å². The van der Waals surface area contributed by atoms with Crippen molar-refractivity contribution in [2.24, 2.45) is 17.1 Å². The summed E-state index contributed by atoms with van der Waals surface area (Å²) >= 11 is 0. The molecule has 0 aliphatic heterocycles. The Morgan fingerprint density at radius 3 is 2.58 bits per heavy atom. The van der Waals surface area contributed by atoms with E-state index in [2.05, 4.69) is 5.32 Å². The molecule has 19 heavy (non-hydrogen) atoms. The van der Waals surface area contributed by atoms with Gasteiger partial charge < -0.3 is 11.1 Å². The molecule has 2 aliphatic rings. The van der Waals surface area contributed by atoms with Crippen molar-refractivity contribution in [1.82, 2.24) is 5.32 Å². The van der Waals surface area contributed by atoms with Gasteiger partial charge in [0.15, 0.2) is 0 Å². The molecule has 2 rings (SSSR count). The third kappa shape index (κ3) is 4.18. The van der Waals surface area contributed by atoms with Crippen LogP contribution in [-0.2, 0) is 14.6 Å². The molecule has 0 radical (unpaired) electrons. The summed E-state index contributed by atoms with van der Waals surface area (Å²) in [4.78, 5) is 12.1. The smallest absolute Gasteiger partial charge is 0.220 e. The summed E-state index contributed by atoms with van der Waals surface area (Å²) in [5.74, 6) is 0.513. The Bertz CT molecular complexity index is 443. The summed E-state index contributed by atoms with van der Waals surface area (Å²) in [6.07, 6.45) is 6.46. The van der Waals surface area contributed by atoms with E-state index in [1.54, 1.807) is 0 Å². The number of nitrogens with two attached hydrogens (primary N) is 1. The number of nitrogens with one attached hydrogen (secondary N) is 1. The fraction of sp³-hybridized carbons (Fsp3) is 0.923. The quantitative estimate of drug-likeness (QED) is 0.742. The highest BCUT2D eigenvalue weighted by atomic mass is 32.2. The van der Waals surface area contributed by atoms with E-state index in [9.17, 15) is 13.2 Å². The normalized spacial score (nSPS) is 29.2. The van der Waals surface area contributed by atoms with E-state index < -0.39 is 9.84 Å². The Hall–Kier alpha value is -0.620. The van der Waals surface area contributed by atoms with Crippen LogP contribution in [0, 0.1) is 11.3 Å². The van der Waals surface area contributed by atoms with Crippen LogP contribution in [0.15, 0.2) is 0 Å². The van der Waals surface area contributed by atoms with Gasteiger partial charge in [-0.1, -0.05) is 6.42 Å². The van der Waals surface area contributed by atoms with Crippen LogP contribution in [0.4, 0.5) is 0 Å². The number of amides is 1. The van der Waals surface area contributed by atoms with Crippen LogP contribution in [0.25, 0.3) is 0 Å². The maximum absolute atomic E-state index is 12.1. The predicted molar refractivity (Wildman–Crippen MR) is 74.3 cm³/mol. The van der Waals surface area contributed by atoms with Crippen LogP contribution in [0.5, 0.6) is 0 Å². The predicted octanol–water partition coefficient (Wildman–Crippen LogP) is 0.445. The standard InChI is InChI=1S/C13H24N2O3S/c1-19(17,18)9-13(5-6-13)7-12(16)15-11-4-2-3-10(11)8-14/h10-11H,2-9,14H2,1H3,(H,15,16). The molecule has 2 aliphatic carbocycles. The van der Waals surface area contributed by atoms with Gasteiger partial charge in [-0.2, -0.15) is 0 Å². The van der Waals surface area contributed by atoms with Gasteiger partial charge in [0.1, 0.15) is 9.84 Å². The van der Waals surface area contributed by atoms with Gasteiger partial charge in [0.05, 0.1) is 5.75 Å². The van der Waals surface area contributed by atoms with Gasteiger partial charge in [-0.3, -0.25) is 4.79 Å². The lowest BCUT2D eigenvalue weighted by Gasteiger charge is -2.21. The molecule has 2 fully saturated rings. The van der Waals surface area contributed by atoms with Gasteiger partial charge in [-0.05, 0) is 43.6 Å². The van der Waals surface area contributed by atoms with Gasteiger partial charge in [0.25, 0.3) is 0 Å². The highest BCUT2D eigenvalue weighted by Crippen LogP contribution is 2.49. The van der Waals surface area contributed by atoms with Crippen LogP contribution in [0.3, 0.4) is 0 Å². The molecule has 2 unspecified atom stereocenters. The van der Waals surface area contributed by atoms with Gasteiger partial charge in [-0.15, -0.1) is 0 Å². The number of sulfone groups is 1. The maximum Gasteiger partial charge on any atom is 0.220 e. The van der Waals surface area contributed by atoms with Crippen molar-refractivity contribution >= 4 is 15.7 Å². The molecule has 6 heteroatoms. The molecule has 0 aromatic carbocycles. The summed E-state index contributed by atoms with van der Waals surface area (Å²) < 4.78 is 22.7. The van der Waals surface area contributed by atoms with Crippen LogP contribution in [-0.4, -0.2) is 38.9 Å². The average Bonchev–Trinajstić information content (AvgIpc) is 2.86. The van der Waals surface area contributed by atoms with Gasteiger partial charge in [0.2, 0.25) is 5.91 Å². The van der Waals surface area contributed by atoms with Crippen LogP contribution in [0.1, 0.15) is 38.5 Å². The molecular weight excluding hydrogens is 264 g/mol. The van der Waals surface area contributed by atoms with E-state index >= 15 is 0 Å². The molecule has 2 atom stereocenters. The number of carbonyl (C=O) groups is 1.